The van der Waals surface area contributed by atoms with E-state index in [9.17, 15) is 9.59 Å². The topological polar surface area (TPSA) is 70.2 Å². The Balaban J connectivity index is 1.84. The molecule has 21 heavy (non-hydrogen) atoms. The zero-order valence-electron chi connectivity index (χ0n) is 12.8. The Morgan fingerprint density at radius 1 is 1.24 bits per heavy atom. The molecule has 1 heterocycles. The fraction of sp³-hybridized carbons (Fsp3) is 0.500. The van der Waals surface area contributed by atoms with Crippen molar-refractivity contribution < 1.29 is 9.59 Å². The van der Waals surface area contributed by atoms with Crippen LogP contribution in [0.1, 0.15) is 31.9 Å². The third kappa shape index (κ3) is 4.56. The van der Waals surface area contributed by atoms with Crippen molar-refractivity contribution in [2.45, 2.75) is 45.3 Å². The van der Waals surface area contributed by atoms with E-state index in [1.54, 1.807) is 0 Å². The summed E-state index contributed by atoms with van der Waals surface area (Å²) < 4.78 is 0. The van der Waals surface area contributed by atoms with Crippen molar-refractivity contribution in [3.05, 3.63) is 35.4 Å². The van der Waals surface area contributed by atoms with Crippen LogP contribution in [0.3, 0.4) is 0 Å². The molecule has 1 aromatic rings. The Kier molecular flexibility index (Phi) is 4.63. The molecular weight excluding hydrogens is 266 g/mol. The summed E-state index contributed by atoms with van der Waals surface area (Å²) in [4.78, 5) is 23.8. The van der Waals surface area contributed by atoms with Crippen LogP contribution in [-0.4, -0.2) is 29.9 Å². The first-order chi connectivity index (χ1) is 9.85. The van der Waals surface area contributed by atoms with Crippen LogP contribution in [0.2, 0.25) is 0 Å². The molecule has 0 unspecified atom stereocenters. The largest absolute Gasteiger partial charge is 0.350 e. The fourth-order valence-corrected chi connectivity index (χ4v) is 2.39. The molecular formula is C16H23N3O2. The number of fused-ring (bicyclic) bond motifs is 1. The first-order valence-electron chi connectivity index (χ1n) is 7.24. The van der Waals surface area contributed by atoms with Crippen molar-refractivity contribution in [1.82, 2.24) is 16.0 Å². The van der Waals surface area contributed by atoms with Gasteiger partial charge < -0.3 is 16.0 Å². The van der Waals surface area contributed by atoms with Gasteiger partial charge in [0.15, 0.2) is 0 Å². The molecule has 0 saturated carbocycles. The highest BCUT2D eigenvalue weighted by Crippen LogP contribution is 2.16. The number of amides is 2. The molecule has 0 aliphatic carbocycles. The van der Waals surface area contributed by atoms with Crippen LogP contribution in [0.5, 0.6) is 0 Å². The molecule has 3 N–H and O–H groups in total. The third-order valence-corrected chi connectivity index (χ3v) is 3.34. The van der Waals surface area contributed by atoms with E-state index in [0.29, 0.717) is 13.0 Å². The average Bonchev–Trinajstić information content (AvgIpc) is 2.42. The molecule has 5 heteroatoms. The van der Waals surface area contributed by atoms with Crippen molar-refractivity contribution >= 4 is 11.8 Å². The molecule has 1 atom stereocenters. The second kappa shape index (κ2) is 6.26. The summed E-state index contributed by atoms with van der Waals surface area (Å²) >= 11 is 0. The predicted molar refractivity (Wildman–Crippen MR) is 81.7 cm³/mol. The quantitative estimate of drug-likeness (QED) is 0.768. The molecule has 1 aliphatic heterocycles. The Bertz CT molecular complexity index is 535. The molecule has 0 radical (unpaired) electrons. The normalized spacial score (nSPS) is 17.8. The van der Waals surface area contributed by atoms with E-state index in [0.717, 1.165) is 0 Å². The summed E-state index contributed by atoms with van der Waals surface area (Å²) in [6.45, 7) is 6.42. The maximum absolute atomic E-state index is 12.1. The predicted octanol–water partition coefficient (Wildman–Crippen LogP) is 0.732. The van der Waals surface area contributed by atoms with Crippen LogP contribution in [0.15, 0.2) is 24.3 Å². The van der Waals surface area contributed by atoms with Crippen LogP contribution < -0.4 is 16.0 Å². The van der Waals surface area contributed by atoms with Gasteiger partial charge in [-0.1, -0.05) is 24.3 Å². The number of hydrogen-bond acceptors (Lipinski definition) is 3. The molecule has 2 rings (SSSR count). The minimum absolute atomic E-state index is 0.00985. The van der Waals surface area contributed by atoms with E-state index < -0.39 is 0 Å². The highest BCUT2D eigenvalue weighted by atomic mass is 16.2. The van der Waals surface area contributed by atoms with Gasteiger partial charge in [-0.3, -0.25) is 9.59 Å². The summed E-state index contributed by atoms with van der Waals surface area (Å²) in [7, 11) is 0. The lowest BCUT2D eigenvalue weighted by Gasteiger charge is -2.25. The standard InChI is InChI=1S/C16H23N3O2/c1-16(2,3)19-14(20)10-18-15(21)13-8-11-6-4-5-7-12(11)9-17-13/h4-7,13,17H,8-10H2,1-3H3,(H,18,21)(H,19,20)/t13-/m1/s1. The third-order valence-electron chi connectivity index (χ3n) is 3.34. The van der Waals surface area contributed by atoms with Gasteiger partial charge in [-0.25, -0.2) is 0 Å². The lowest BCUT2D eigenvalue weighted by molar-refractivity contribution is -0.128. The zero-order valence-corrected chi connectivity index (χ0v) is 12.8. The van der Waals surface area contributed by atoms with Gasteiger partial charge in [-0.15, -0.1) is 0 Å². The van der Waals surface area contributed by atoms with Gasteiger partial charge in [0.2, 0.25) is 11.8 Å². The van der Waals surface area contributed by atoms with E-state index >= 15 is 0 Å². The van der Waals surface area contributed by atoms with E-state index in [-0.39, 0.29) is 29.9 Å². The van der Waals surface area contributed by atoms with Crippen LogP contribution in [-0.2, 0) is 22.6 Å². The summed E-state index contributed by atoms with van der Waals surface area (Å²) in [5.41, 5.74) is 2.13. The van der Waals surface area contributed by atoms with Gasteiger partial charge in [0.1, 0.15) is 0 Å². The second-order valence-corrected chi connectivity index (χ2v) is 6.42. The Labute approximate surface area is 125 Å². The zero-order chi connectivity index (χ0) is 15.5. The first-order valence-corrected chi connectivity index (χ1v) is 7.24. The summed E-state index contributed by atoms with van der Waals surface area (Å²) in [6.07, 6.45) is 0.656. The number of hydrogen-bond donors (Lipinski definition) is 3. The molecule has 0 aromatic heterocycles. The smallest absolute Gasteiger partial charge is 0.239 e. The van der Waals surface area contributed by atoms with Gasteiger partial charge in [0, 0.05) is 12.1 Å². The maximum Gasteiger partial charge on any atom is 0.239 e. The van der Waals surface area contributed by atoms with Crippen molar-refractivity contribution in [3.8, 4) is 0 Å². The van der Waals surface area contributed by atoms with Gasteiger partial charge in [-0.05, 0) is 38.3 Å². The van der Waals surface area contributed by atoms with Crippen LogP contribution in [0, 0.1) is 0 Å². The number of rotatable bonds is 3. The number of nitrogens with one attached hydrogen (secondary N) is 3. The maximum atomic E-state index is 12.1. The van der Waals surface area contributed by atoms with Crippen molar-refractivity contribution in [2.75, 3.05) is 6.54 Å². The molecule has 0 saturated heterocycles. The lowest BCUT2D eigenvalue weighted by atomic mass is 9.95. The molecule has 0 spiro atoms. The van der Waals surface area contributed by atoms with E-state index in [1.807, 2.05) is 39.0 Å². The van der Waals surface area contributed by atoms with Crippen LogP contribution >= 0.6 is 0 Å². The number of carbonyl (C=O) groups excluding carboxylic acids is 2. The van der Waals surface area contributed by atoms with Gasteiger partial charge in [0.25, 0.3) is 0 Å². The minimum atomic E-state index is -0.288. The van der Waals surface area contributed by atoms with Gasteiger partial charge in [-0.2, -0.15) is 0 Å². The average molecular weight is 289 g/mol. The SMILES string of the molecule is CC(C)(C)NC(=O)CNC(=O)[C@H]1Cc2ccccc2CN1. The van der Waals surface area contributed by atoms with Gasteiger partial charge in [0.05, 0.1) is 12.6 Å². The molecule has 1 aromatic carbocycles. The van der Waals surface area contributed by atoms with Crippen LogP contribution in [0.4, 0.5) is 0 Å². The summed E-state index contributed by atoms with van der Waals surface area (Å²) in [6, 6.07) is 7.81. The molecule has 5 nitrogen and oxygen atoms in total. The molecule has 114 valence electrons. The minimum Gasteiger partial charge on any atom is -0.350 e. The Hall–Kier alpha value is -1.88. The van der Waals surface area contributed by atoms with E-state index in [4.69, 9.17) is 0 Å². The molecule has 0 bridgehead atoms. The van der Waals surface area contributed by atoms with Crippen LogP contribution in [0.25, 0.3) is 0 Å². The van der Waals surface area contributed by atoms with Gasteiger partial charge >= 0.3 is 0 Å². The molecule has 2 amide bonds. The lowest BCUT2D eigenvalue weighted by Crippen LogP contribution is -2.51. The van der Waals surface area contributed by atoms with Crippen molar-refractivity contribution in [1.29, 1.82) is 0 Å². The Morgan fingerprint density at radius 3 is 2.57 bits per heavy atom. The number of benzene rings is 1. The number of carbonyl (C=O) groups is 2. The van der Waals surface area contributed by atoms with Crippen molar-refractivity contribution in [3.63, 3.8) is 0 Å². The summed E-state index contributed by atoms with van der Waals surface area (Å²) in [5, 5.41) is 8.71. The van der Waals surface area contributed by atoms with E-state index in [2.05, 4.69) is 22.0 Å². The first kappa shape index (κ1) is 15.5. The summed E-state index contributed by atoms with van der Waals surface area (Å²) in [5.74, 6) is -0.305. The van der Waals surface area contributed by atoms with E-state index in [1.165, 1.54) is 11.1 Å². The highest BCUT2D eigenvalue weighted by molar-refractivity contribution is 5.88. The fourth-order valence-electron chi connectivity index (χ4n) is 2.39. The molecule has 1 aliphatic rings. The van der Waals surface area contributed by atoms with Crippen molar-refractivity contribution in [2.24, 2.45) is 0 Å². The monoisotopic (exact) mass is 289 g/mol. The highest BCUT2D eigenvalue weighted by Gasteiger charge is 2.24. The second-order valence-electron chi connectivity index (χ2n) is 6.42. The molecule has 0 fully saturated rings. The Morgan fingerprint density at radius 2 is 1.90 bits per heavy atom.